The first-order chi connectivity index (χ1) is 9.40. The minimum Gasteiger partial charge on any atom is -0.299 e. The molecule has 2 aromatic rings. The van der Waals surface area contributed by atoms with Gasteiger partial charge < -0.3 is 0 Å². The van der Waals surface area contributed by atoms with Gasteiger partial charge in [0.2, 0.25) is 0 Å². The molecule has 0 amide bonds. The van der Waals surface area contributed by atoms with E-state index in [2.05, 4.69) is 52.1 Å². The van der Waals surface area contributed by atoms with Crippen molar-refractivity contribution in [2.75, 3.05) is 13.1 Å². The predicted molar refractivity (Wildman–Crippen MR) is 82.5 cm³/mol. The lowest BCUT2D eigenvalue weighted by atomic mass is 9.90. The molecule has 0 atom stereocenters. The standard InChI is InChI=1S/C17H21NS/c1-2-4-15(5-3-1)12-16-6-9-18(10-7-16)13-17-8-11-19-14-17/h1-5,8,11,14,16H,6-7,9-10,12-13H2. The van der Waals surface area contributed by atoms with Crippen molar-refractivity contribution in [1.82, 2.24) is 4.90 Å². The van der Waals surface area contributed by atoms with Gasteiger partial charge in [-0.05, 0) is 66.2 Å². The van der Waals surface area contributed by atoms with E-state index in [-0.39, 0.29) is 0 Å². The summed E-state index contributed by atoms with van der Waals surface area (Å²) in [6, 6.07) is 13.2. The average Bonchev–Trinajstić information content (AvgIpc) is 2.95. The summed E-state index contributed by atoms with van der Waals surface area (Å²) in [6.45, 7) is 3.66. The van der Waals surface area contributed by atoms with Crippen LogP contribution in [0.1, 0.15) is 24.0 Å². The molecule has 0 radical (unpaired) electrons. The smallest absolute Gasteiger partial charge is 0.0241 e. The highest BCUT2D eigenvalue weighted by atomic mass is 32.1. The molecule has 19 heavy (non-hydrogen) atoms. The third kappa shape index (κ3) is 3.68. The van der Waals surface area contributed by atoms with Crippen molar-refractivity contribution in [2.45, 2.75) is 25.8 Å². The molecule has 3 rings (SSSR count). The van der Waals surface area contributed by atoms with Crippen LogP contribution in [-0.2, 0) is 13.0 Å². The highest BCUT2D eigenvalue weighted by Crippen LogP contribution is 2.23. The molecule has 1 aromatic heterocycles. The van der Waals surface area contributed by atoms with Gasteiger partial charge in [-0.15, -0.1) is 0 Å². The first-order valence-electron chi connectivity index (χ1n) is 7.17. The zero-order chi connectivity index (χ0) is 12.9. The van der Waals surface area contributed by atoms with Crippen molar-refractivity contribution in [2.24, 2.45) is 5.92 Å². The third-order valence-electron chi connectivity index (χ3n) is 4.06. The maximum Gasteiger partial charge on any atom is 0.0241 e. The monoisotopic (exact) mass is 271 g/mol. The minimum absolute atomic E-state index is 0.876. The topological polar surface area (TPSA) is 3.24 Å². The fraction of sp³-hybridized carbons (Fsp3) is 0.412. The van der Waals surface area contributed by atoms with E-state index < -0.39 is 0 Å². The second-order valence-electron chi connectivity index (χ2n) is 5.54. The van der Waals surface area contributed by atoms with E-state index in [1.165, 1.54) is 43.5 Å². The van der Waals surface area contributed by atoms with Gasteiger partial charge in [-0.25, -0.2) is 0 Å². The lowest BCUT2D eigenvalue weighted by Gasteiger charge is -2.31. The second-order valence-corrected chi connectivity index (χ2v) is 6.32. The van der Waals surface area contributed by atoms with Crippen LogP contribution < -0.4 is 0 Å². The van der Waals surface area contributed by atoms with E-state index >= 15 is 0 Å². The van der Waals surface area contributed by atoms with Gasteiger partial charge in [-0.1, -0.05) is 30.3 Å². The summed E-state index contributed by atoms with van der Waals surface area (Å²) in [5, 5.41) is 4.45. The number of hydrogen-bond donors (Lipinski definition) is 0. The normalized spacial score (nSPS) is 17.7. The van der Waals surface area contributed by atoms with E-state index in [1.54, 1.807) is 11.3 Å². The molecule has 0 unspecified atom stereocenters. The largest absolute Gasteiger partial charge is 0.299 e. The first-order valence-corrected chi connectivity index (χ1v) is 8.12. The highest BCUT2D eigenvalue weighted by Gasteiger charge is 2.19. The molecule has 1 aromatic carbocycles. The van der Waals surface area contributed by atoms with Crippen LogP contribution in [0.2, 0.25) is 0 Å². The van der Waals surface area contributed by atoms with Gasteiger partial charge in [0, 0.05) is 6.54 Å². The molecule has 0 aliphatic carbocycles. The van der Waals surface area contributed by atoms with Crippen LogP contribution in [0.25, 0.3) is 0 Å². The zero-order valence-electron chi connectivity index (χ0n) is 11.3. The summed E-state index contributed by atoms with van der Waals surface area (Å²) < 4.78 is 0. The molecule has 1 nitrogen and oxygen atoms in total. The summed E-state index contributed by atoms with van der Waals surface area (Å²) in [7, 11) is 0. The van der Waals surface area contributed by atoms with E-state index in [9.17, 15) is 0 Å². The predicted octanol–water partition coefficient (Wildman–Crippen LogP) is 4.20. The van der Waals surface area contributed by atoms with Gasteiger partial charge in [0.15, 0.2) is 0 Å². The number of piperidine rings is 1. The Balaban J connectivity index is 1.47. The van der Waals surface area contributed by atoms with Gasteiger partial charge in [-0.3, -0.25) is 4.90 Å². The van der Waals surface area contributed by atoms with Gasteiger partial charge >= 0.3 is 0 Å². The summed E-state index contributed by atoms with van der Waals surface area (Å²) in [5.74, 6) is 0.876. The van der Waals surface area contributed by atoms with Crippen molar-refractivity contribution in [3.05, 3.63) is 58.3 Å². The lowest BCUT2D eigenvalue weighted by Crippen LogP contribution is -2.33. The van der Waals surface area contributed by atoms with Crippen LogP contribution in [0.4, 0.5) is 0 Å². The molecular formula is C17H21NS. The molecular weight excluding hydrogens is 250 g/mol. The lowest BCUT2D eigenvalue weighted by molar-refractivity contribution is 0.177. The maximum absolute atomic E-state index is 2.60. The number of benzene rings is 1. The maximum atomic E-state index is 2.60. The van der Waals surface area contributed by atoms with Crippen LogP contribution in [0.3, 0.4) is 0 Å². The molecule has 0 spiro atoms. The molecule has 100 valence electrons. The Morgan fingerprint density at radius 2 is 1.79 bits per heavy atom. The first kappa shape index (κ1) is 12.9. The second kappa shape index (κ2) is 6.36. The molecule has 1 fully saturated rings. The third-order valence-corrected chi connectivity index (χ3v) is 4.79. The summed E-state index contributed by atoms with van der Waals surface area (Å²) >= 11 is 1.80. The fourth-order valence-corrected chi connectivity index (χ4v) is 3.60. The summed E-state index contributed by atoms with van der Waals surface area (Å²) in [4.78, 5) is 2.60. The van der Waals surface area contributed by atoms with Crippen molar-refractivity contribution in [3.8, 4) is 0 Å². The van der Waals surface area contributed by atoms with Crippen molar-refractivity contribution < 1.29 is 0 Å². The molecule has 2 heteroatoms. The van der Waals surface area contributed by atoms with E-state index in [0.29, 0.717) is 0 Å². The minimum atomic E-state index is 0.876. The Morgan fingerprint density at radius 1 is 1.00 bits per heavy atom. The molecule has 1 saturated heterocycles. The molecule has 2 heterocycles. The summed E-state index contributed by atoms with van der Waals surface area (Å²) in [6.07, 6.45) is 3.95. The van der Waals surface area contributed by atoms with E-state index in [0.717, 1.165) is 12.5 Å². The Labute approximate surface area is 119 Å². The van der Waals surface area contributed by atoms with Crippen molar-refractivity contribution >= 4 is 11.3 Å². The Bertz CT molecular complexity index is 469. The van der Waals surface area contributed by atoms with Gasteiger partial charge in [0.1, 0.15) is 0 Å². The Kier molecular flexibility index (Phi) is 4.31. The van der Waals surface area contributed by atoms with Crippen molar-refractivity contribution in [1.29, 1.82) is 0 Å². The quantitative estimate of drug-likeness (QED) is 0.805. The fourth-order valence-electron chi connectivity index (χ4n) is 2.94. The number of rotatable bonds is 4. The van der Waals surface area contributed by atoms with Crippen LogP contribution in [0, 0.1) is 5.92 Å². The van der Waals surface area contributed by atoms with E-state index in [4.69, 9.17) is 0 Å². The number of thiophene rings is 1. The van der Waals surface area contributed by atoms with Crippen LogP contribution >= 0.6 is 11.3 Å². The van der Waals surface area contributed by atoms with Crippen LogP contribution in [0.15, 0.2) is 47.2 Å². The van der Waals surface area contributed by atoms with Gasteiger partial charge in [0.25, 0.3) is 0 Å². The van der Waals surface area contributed by atoms with Crippen LogP contribution in [0.5, 0.6) is 0 Å². The number of likely N-dealkylation sites (tertiary alicyclic amines) is 1. The molecule has 0 bridgehead atoms. The molecule has 0 N–H and O–H groups in total. The Morgan fingerprint density at radius 3 is 2.47 bits per heavy atom. The zero-order valence-corrected chi connectivity index (χ0v) is 12.1. The van der Waals surface area contributed by atoms with Gasteiger partial charge in [-0.2, -0.15) is 11.3 Å². The SMILES string of the molecule is c1ccc(CC2CCN(Cc3ccsc3)CC2)cc1. The van der Waals surface area contributed by atoms with E-state index in [1.807, 2.05) is 0 Å². The number of hydrogen-bond acceptors (Lipinski definition) is 2. The van der Waals surface area contributed by atoms with Crippen LogP contribution in [-0.4, -0.2) is 18.0 Å². The van der Waals surface area contributed by atoms with Gasteiger partial charge in [0.05, 0.1) is 0 Å². The molecule has 0 saturated carbocycles. The average molecular weight is 271 g/mol. The molecule has 1 aliphatic rings. The Hall–Kier alpha value is -1.12. The molecule has 1 aliphatic heterocycles. The number of nitrogens with zero attached hydrogens (tertiary/aromatic N) is 1. The highest BCUT2D eigenvalue weighted by molar-refractivity contribution is 7.07. The van der Waals surface area contributed by atoms with Crippen molar-refractivity contribution in [3.63, 3.8) is 0 Å². The summed E-state index contributed by atoms with van der Waals surface area (Å²) in [5.41, 5.74) is 2.98.